The minimum Gasteiger partial charge on any atom is -0.480 e. The zero-order valence-electron chi connectivity index (χ0n) is 9.45. The van der Waals surface area contributed by atoms with Crippen LogP contribution in [-0.4, -0.2) is 60.2 Å². The molecule has 1 heterocycles. The first-order chi connectivity index (χ1) is 7.07. The van der Waals surface area contributed by atoms with Gasteiger partial charge in [-0.1, -0.05) is 0 Å². The summed E-state index contributed by atoms with van der Waals surface area (Å²) in [6.45, 7) is 1.62. The molecule has 1 fully saturated rings. The van der Waals surface area contributed by atoms with Crippen LogP contribution >= 0.6 is 11.8 Å². The normalized spacial score (nSPS) is 20.5. The lowest BCUT2D eigenvalue weighted by molar-refractivity contribution is -0.145. The second-order valence-electron chi connectivity index (χ2n) is 4.23. The molecule has 0 saturated carbocycles. The monoisotopic (exact) mass is 232 g/mol. The van der Waals surface area contributed by atoms with Gasteiger partial charge in [0, 0.05) is 13.1 Å². The summed E-state index contributed by atoms with van der Waals surface area (Å²) in [5, 5.41) is 12.5. The molecule has 0 radical (unpaired) electrons. The van der Waals surface area contributed by atoms with Gasteiger partial charge in [-0.25, -0.2) is 0 Å². The second-order valence-corrected chi connectivity index (χ2v) is 5.45. The van der Waals surface area contributed by atoms with E-state index in [-0.39, 0.29) is 0 Å². The van der Waals surface area contributed by atoms with Crippen molar-refractivity contribution in [1.29, 1.82) is 0 Å². The molecule has 2 N–H and O–H groups in total. The predicted octanol–water partition coefficient (Wildman–Crippen LogP) is 0.488. The molecule has 0 spiro atoms. The Hall–Kier alpha value is -0.260. The third-order valence-corrected chi connectivity index (χ3v) is 3.76. The molecule has 15 heavy (non-hydrogen) atoms. The second kappa shape index (κ2) is 5.72. The number of aliphatic carboxylic acids is 1. The predicted molar refractivity (Wildman–Crippen MR) is 63.5 cm³/mol. The summed E-state index contributed by atoms with van der Waals surface area (Å²) in [5.74, 6) is 1.20. The van der Waals surface area contributed by atoms with Gasteiger partial charge in [0.15, 0.2) is 0 Å². The van der Waals surface area contributed by atoms with Crippen molar-refractivity contribution in [2.45, 2.75) is 18.4 Å². The number of hydrogen-bond donors (Lipinski definition) is 2. The van der Waals surface area contributed by atoms with E-state index < -0.39 is 11.5 Å². The van der Waals surface area contributed by atoms with Gasteiger partial charge in [0.05, 0.1) is 0 Å². The molecule has 1 saturated heterocycles. The lowest BCUT2D eigenvalue weighted by Crippen LogP contribution is -2.55. The van der Waals surface area contributed by atoms with E-state index in [1.54, 1.807) is 0 Å². The zero-order valence-corrected chi connectivity index (χ0v) is 10.3. The van der Waals surface area contributed by atoms with Crippen LogP contribution in [0.15, 0.2) is 0 Å². The highest BCUT2D eigenvalue weighted by Gasteiger charge is 2.39. The molecule has 0 aromatic rings. The average molecular weight is 232 g/mol. The van der Waals surface area contributed by atoms with Crippen molar-refractivity contribution in [2.75, 3.05) is 38.7 Å². The molecule has 0 aliphatic carbocycles. The molecular weight excluding hydrogens is 212 g/mol. The standard InChI is InChI=1S/C10H20N2O2S/c1-12(2)6-5-11-10(9(13)14)3-7-15-8-4-10/h11H,3-8H2,1-2H3,(H,13,14). The van der Waals surface area contributed by atoms with Gasteiger partial charge >= 0.3 is 5.97 Å². The van der Waals surface area contributed by atoms with E-state index in [0.717, 1.165) is 37.4 Å². The number of likely N-dealkylation sites (N-methyl/N-ethyl adjacent to an activating group) is 1. The van der Waals surface area contributed by atoms with Gasteiger partial charge in [-0.05, 0) is 38.4 Å². The summed E-state index contributed by atoms with van der Waals surface area (Å²) in [7, 11) is 3.98. The summed E-state index contributed by atoms with van der Waals surface area (Å²) in [4.78, 5) is 13.3. The highest BCUT2D eigenvalue weighted by Crippen LogP contribution is 2.27. The molecule has 1 aliphatic rings. The summed E-state index contributed by atoms with van der Waals surface area (Å²) in [5.41, 5.74) is -0.665. The van der Waals surface area contributed by atoms with Crippen molar-refractivity contribution in [1.82, 2.24) is 10.2 Å². The van der Waals surface area contributed by atoms with Crippen molar-refractivity contribution >= 4 is 17.7 Å². The van der Waals surface area contributed by atoms with Crippen LogP contribution in [0.3, 0.4) is 0 Å². The van der Waals surface area contributed by atoms with Crippen LogP contribution in [-0.2, 0) is 4.79 Å². The Balaban J connectivity index is 2.46. The van der Waals surface area contributed by atoms with Crippen molar-refractivity contribution < 1.29 is 9.90 Å². The van der Waals surface area contributed by atoms with Gasteiger partial charge in [-0.2, -0.15) is 11.8 Å². The van der Waals surface area contributed by atoms with Gasteiger partial charge in [0.1, 0.15) is 5.54 Å². The summed E-state index contributed by atoms with van der Waals surface area (Å²) in [6.07, 6.45) is 1.47. The van der Waals surface area contributed by atoms with Crippen LogP contribution in [0.2, 0.25) is 0 Å². The first-order valence-electron chi connectivity index (χ1n) is 5.28. The van der Waals surface area contributed by atoms with E-state index in [1.807, 2.05) is 25.9 Å². The number of thioether (sulfide) groups is 1. The molecule has 1 rings (SSSR count). The van der Waals surface area contributed by atoms with Gasteiger partial charge in [-0.3, -0.25) is 4.79 Å². The molecule has 4 nitrogen and oxygen atoms in total. The third kappa shape index (κ3) is 3.66. The summed E-state index contributed by atoms with van der Waals surface area (Å²) < 4.78 is 0. The third-order valence-electron chi connectivity index (χ3n) is 2.78. The van der Waals surface area contributed by atoms with Gasteiger partial charge in [0.25, 0.3) is 0 Å². The number of carboxylic acid groups (broad SMARTS) is 1. The van der Waals surface area contributed by atoms with Gasteiger partial charge in [-0.15, -0.1) is 0 Å². The first-order valence-corrected chi connectivity index (χ1v) is 6.43. The number of carboxylic acids is 1. The molecule has 1 aliphatic heterocycles. The van der Waals surface area contributed by atoms with Crippen LogP contribution < -0.4 is 5.32 Å². The topological polar surface area (TPSA) is 52.6 Å². The summed E-state index contributed by atoms with van der Waals surface area (Å²) in [6, 6.07) is 0. The largest absolute Gasteiger partial charge is 0.480 e. The smallest absolute Gasteiger partial charge is 0.323 e. The fourth-order valence-electron chi connectivity index (χ4n) is 1.70. The van der Waals surface area contributed by atoms with Gasteiger partial charge < -0.3 is 15.3 Å². The molecule has 0 aromatic heterocycles. The van der Waals surface area contributed by atoms with Crippen molar-refractivity contribution in [3.63, 3.8) is 0 Å². The molecule has 0 aromatic carbocycles. The fraction of sp³-hybridized carbons (Fsp3) is 0.900. The Bertz CT molecular complexity index is 215. The average Bonchev–Trinajstić information content (AvgIpc) is 2.18. The van der Waals surface area contributed by atoms with Crippen LogP contribution in [0.4, 0.5) is 0 Å². The number of nitrogens with zero attached hydrogens (tertiary/aromatic N) is 1. The number of hydrogen-bond acceptors (Lipinski definition) is 4. The number of rotatable bonds is 5. The Morgan fingerprint density at radius 1 is 1.47 bits per heavy atom. The molecule has 0 amide bonds. The molecule has 0 atom stereocenters. The van der Waals surface area contributed by atoms with Crippen molar-refractivity contribution in [2.24, 2.45) is 0 Å². The molecule has 0 bridgehead atoms. The molecule has 5 heteroatoms. The zero-order chi connectivity index (χ0) is 11.3. The van der Waals surface area contributed by atoms with Crippen LogP contribution in [0.1, 0.15) is 12.8 Å². The minimum absolute atomic E-state index is 0.665. The van der Waals surface area contributed by atoms with Crippen molar-refractivity contribution in [3.05, 3.63) is 0 Å². The lowest BCUT2D eigenvalue weighted by Gasteiger charge is -2.34. The Labute approximate surface area is 95.4 Å². The molecule has 88 valence electrons. The van der Waals surface area contributed by atoms with Crippen LogP contribution in [0.5, 0.6) is 0 Å². The SMILES string of the molecule is CN(C)CCNC1(C(=O)O)CCSCC1. The lowest BCUT2D eigenvalue weighted by atomic mass is 9.92. The van der Waals surface area contributed by atoms with E-state index in [4.69, 9.17) is 0 Å². The highest BCUT2D eigenvalue weighted by molar-refractivity contribution is 7.99. The van der Waals surface area contributed by atoms with E-state index in [2.05, 4.69) is 10.2 Å². The van der Waals surface area contributed by atoms with E-state index in [0.29, 0.717) is 0 Å². The van der Waals surface area contributed by atoms with Gasteiger partial charge in [0.2, 0.25) is 0 Å². The van der Waals surface area contributed by atoms with Crippen LogP contribution in [0.25, 0.3) is 0 Å². The van der Waals surface area contributed by atoms with E-state index in [1.165, 1.54) is 0 Å². The Morgan fingerprint density at radius 3 is 2.53 bits per heavy atom. The maximum absolute atomic E-state index is 11.3. The molecule has 0 unspecified atom stereocenters. The quantitative estimate of drug-likeness (QED) is 0.722. The maximum Gasteiger partial charge on any atom is 0.323 e. The van der Waals surface area contributed by atoms with Crippen molar-refractivity contribution in [3.8, 4) is 0 Å². The van der Waals surface area contributed by atoms with E-state index in [9.17, 15) is 9.90 Å². The fourth-order valence-corrected chi connectivity index (χ4v) is 2.89. The Kier molecular flexibility index (Phi) is 4.89. The maximum atomic E-state index is 11.3. The first kappa shape index (κ1) is 12.8. The number of carbonyl (C=O) groups is 1. The molecular formula is C10H20N2O2S. The number of nitrogens with one attached hydrogen (secondary N) is 1. The highest BCUT2D eigenvalue weighted by atomic mass is 32.2. The summed E-state index contributed by atoms with van der Waals surface area (Å²) >= 11 is 1.84. The van der Waals surface area contributed by atoms with E-state index >= 15 is 0 Å². The Morgan fingerprint density at radius 2 is 2.07 bits per heavy atom. The minimum atomic E-state index is -0.693. The van der Waals surface area contributed by atoms with Crippen LogP contribution in [0, 0.1) is 0 Å².